The van der Waals surface area contributed by atoms with E-state index in [4.69, 9.17) is 9.47 Å². The van der Waals surface area contributed by atoms with Gasteiger partial charge in [-0.25, -0.2) is 4.68 Å². The summed E-state index contributed by atoms with van der Waals surface area (Å²) in [5.41, 5.74) is 2.71. The van der Waals surface area contributed by atoms with Gasteiger partial charge in [-0.2, -0.15) is 0 Å². The zero-order valence-electron chi connectivity index (χ0n) is 14.3. The number of benzene rings is 2. The summed E-state index contributed by atoms with van der Waals surface area (Å²) >= 11 is 0. The second-order valence-electron chi connectivity index (χ2n) is 5.96. The SMILES string of the molecule is COc1ccc(NC(=O)c2nnn3c2COC(c2ccccc2)C3)cc1. The molecule has 1 aliphatic heterocycles. The van der Waals surface area contributed by atoms with E-state index in [-0.39, 0.29) is 24.3 Å². The van der Waals surface area contributed by atoms with Crippen LogP contribution >= 0.6 is 0 Å². The van der Waals surface area contributed by atoms with Crippen LogP contribution in [-0.2, 0) is 17.9 Å². The molecule has 0 saturated carbocycles. The van der Waals surface area contributed by atoms with Gasteiger partial charge in [0.1, 0.15) is 11.9 Å². The predicted molar refractivity (Wildman–Crippen MR) is 94.9 cm³/mol. The molecule has 1 aliphatic rings. The van der Waals surface area contributed by atoms with Crippen LogP contribution in [0.2, 0.25) is 0 Å². The molecule has 1 aromatic heterocycles. The summed E-state index contributed by atoms with van der Waals surface area (Å²) in [6.45, 7) is 0.820. The fraction of sp³-hybridized carbons (Fsp3) is 0.211. The first-order valence-corrected chi connectivity index (χ1v) is 8.29. The van der Waals surface area contributed by atoms with E-state index >= 15 is 0 Å². The number of fused-ring (bicyclic) bond motifs is 1. The number of ether oxygens (including phenoxy) is 2. The van der Waals surface area contributed by atoms with Crippen molar-refractivity contribution in [3.8, 4) is 5.75 Å². The number of nitrogens with zero attached hydrogens (tertiary/aromatic N) is 3. The Kier molecular flexibility index (Phi) is 4.37. The fourth-order valence-corrected chi connectivity index (χ4v) is 2.92. The number of hydrogen-bond acceptors (Lipinski definition) is 5. The van der Waals surface area contributed by atoms with Crippen molar-refractivity contribution in [3.63, 3.8) is 0 Å². The Balaban J connectivity index is 1.49. The first-order valence-electron chi connectivity index (χ1n) is 8.29. The molecule has 0 fully saturated rings. The quantitative estimate of drug-likeness (QED) is 0.783. The summed E-state index contributed by atoms with van der Waals surface area (Å²) in [5, 5.41) is 11.0. The summed E-state index contributed by atoms with van der Waals surface area (Å²) in [6.07, 6.45) is -0.0945. The maximum absolute atomic E-state index is 12.5. The van der Waals surface area contributed by atoms with Crippen molar-refractivity contribution in [1.82, 2.24) is 15.0 Å². The van der Waals surface area contributed by atoms with Crippen molar-refractivity contribution in [2.45, 2.75) is 19.3 Å². The molecule has 1 N–H and O–H groups in total. The summed E-state index contributed by atoms with van der Waals surface area (Å²) in [5.74, 6) is 0.419. The minimum atomic E-state index is -0.307. The van der Waals surface area contributed by atoms with Crippen LogP contribution in [0.5, 0.6) is 5.75 Å². The Morgan fingerprint density at radius 1 is 1.19 bits per heavy atom. The highest BCUT2D eigenvalue weighted by Crippen LogP contribution is 2.27. The highest BCUT2D eigenvalue weighted by atomic mass is 16.5. The number of anilines is 1. The van der Waals surface area contributed by atoms with E-state index in [0.717, 1.165) is 11.3 Å². The number of carbonyl (C=O) groups excluding carboxylic acids is 1. The number of carbonyl (C=O) groups is 1. The topological polar surface area (TPSA) is 78.3 Å². The Labute approximate surface area is 150 Å². The number of methoxy groups -OCH3 is 1. The summed E-state index contributed by atoms with van der Waals surface area (Å²) in [4.78, 5) is 12.5. The number of aromatic nitrogens is 3. The molecule has 1 atom stereocenters. The molecule has 0 bridgehead atoms. The van der Waals surface area contributed by atoms with E-state index < -0.39 is 0 Å². The van der Waals surface area contributed by atoms with Gasteiger partial charge in [-0.3, -0.25) is 4.79 Å². The Morgan fingerprint density at radius 2 is 1.96 bits per heavy atom. The lowest BCUT2D eigenvalue weighted by molar-refractivity contribution is -0.00171. The molecule has 0 saturated heterocycles. The van der Waals surface area contributed by atoms with E-state index in [1.165, 1.54) is 0 Å². The Hall–Kier alpha value is -3.19. The molecule has 2 aromatic carbocycles. The molecule has 7 heteroatoms. The lowest BCUT2D eigenvalue weighted by Gasteiger charge is -2.24. The smallest absolute Gasteiger partial charge is 0.278 e. The molecule has 132 valence electrons. The standard InChI is InChI=1S/C19H18N4O3/c1-25-15-9-7-14(8-10-15)20-19(24)18-16-12-26-17(11-23(16)22-21-18)13-5-3-2-4-6-13/h2-10,17H,11-12H2,1H3,(H,20,24). The molecule has 0 spiro atoms. The van der Waals surface area contributed by atoms with Gasteiger partial charge in [0.15, 0.2) is 5.69 Å². The van der Waals surface area contributed by atoms with Gasteiger partial charge >= 0.3 is 0 Å². The summed E-state index contributed by atoms with van der Waals surface area (Å²) < 4.78 is 12.8. The number of hydrogen-bond donors (Lipinski definition) is 1. The molecule has 0 aliphatic carbocycles. The molecular formula is C19H18N4O3. The van der Waals surface area contributed by atoms with Crippen LogP contribution in [0.3, 0.4) is 0 Å². The van der Waals surface area contributed by atoms with Gasteiger partial charge in [-0.05, 0) is 29.8 Å². The average Bonchev–Trinajstić information content (AvgIpc) is 3.12. The van der Waals surface area contributed by atoms with Gasteiger partial charge in [0.25, 0.3) is 5.91 Å². The third kappa shape index (κ3) is 3.16. The van der Waals surface area contributed by atoms with Crippen LogP contribution in [-0.4, -0.2) is 28.0 Å². The van der Waals surface area contributed by atoms with Crippen molar-refractivity contribution in [3.05, 3.63) is 71.5 Å². The predicted octanol–water partition coefficient (Wildman–Crippen LogP) is 2.81. The van der Waals surface area contributed by atoms with Gasteiger partial charge in [0, 0.05) is 5.69 Å². The normalized spacial score (nSPS) is 16.0. The van der Waals surface area contributed by atoms with E-state index in [1.807, 2.05) is 30.3 Å². The number of nitrogens with one attached hydrogen (secondary N) is 1. The monoisotopic (exact) mass is 350 g/mol. The van der Waals surface area contributed by atoms with E-state index in [2.05, 4.69) is 15.6 Å². The first-order chi connectivity index (χ1) is 12.7. The maximum Gasteiger partial charge on any atom is 0.278 e. The van der Waals surface area contributed by atoms with Crippen LogP contribution in [0.15, 0.2) is 54.6 Å². The molecule has 4 rings (SSSR count). The van der Waals surface area contributed by atoms with Crippen LogP contribution in [0.1, 0.15) is 27.8 Å². The molecule has 2 heterocycles. The van der Waals surface area contributed by atoms with Crippen LogP contribution in [0, 0.1) is 0 Å². The first kappa shape index (κ1) is 16.3. The molecule has 1 amide bonds. The Bertz CT molecular complexity index is 906. The van der Waals surface area contributed by atoms with Crippen molar-refractivity contribution >= 4 is 11.6 Å². The van der Waals surface area contributed by atoms with Gasteiger partial charge in [-0.15, -0.1) is 5.10 Å². The van der Waals surface area contributed by atoms with E-state index in [1.54, 1.807) is 36.1 Å². The Morgan fingerprint density at radius 3 is 2.69 bits per heavy atom. The van der Waals surface area contributed by atoms with Gasteiger partial charge in [0.05, 0.1) is 26.0 Å². The van der Waals surface area contributed by atoms with Gasteiger partial charge in [0.2, 0.25) is 0 Å². The minimum absolute atomic E-state index is 0.0945. The second-order valence-corrected chi connectivity index (χ2v) is 5.96. The van der Waals surface area contributed by atoms with E-state index in [9.17, 15) is 4.79 Å². The zero-order valence-corrected chi connectivity index (χ0v) is 14.3. The molecule has 26 heavy (non-hydrogen) atoms. The van der Waals surface area contributed by atoms with Crippen LogP contribution < -0.4 is 10.1 Å². The second kappa shape index (κ2) is 6.97. The summed E-state index contributed by atoms with van der Waals surface area (Å²) in [7, 11) is 1.60. The van der Waals surface area contributed by atoms with Crippen molar-refractivity contribution in [2.75, 3.05) is 12.4 Å². The lowest BCUT2D eigenvalue weighted by atomic mass is 10.1. The number of rotatable bonds is 4. The minimum Gasteiger partial charge on any atom is -0.497 e. The van der Waals surface area contributed by atoms with Gasteiger partial charge < -0.3 is 14.8 Å². The fourth-order valence-electron chi connectivity index (χ4n) is 2.92. The lowest BCUT2D eigenvalue weighted by Crippen LogP contribution is -2.24. The summed E-state index contributed by atoms with van der Waals surface area (Å²) in [6, 6.07) is 17.1. The highest BCUT2D eigenvalue weighted by Gasteiger charge is 2.27. The largest absolute Gasteiger partial charge is 0.497 e. The molecule has 0 radical (unpaired) electrons. The van der Waals surface area contributed by atoms with Crippen molar-refractivity contribution < 1.29 is 14.3 Å². The van der Waals surface area contributed by atoms with Crippen LogP contribution in [0.4, 0.5) is 5.69 Å². The highest BCUT2D eigenvalue weighted by molar-refractivity contribution is 6.03. The van der Waals surface area contributed by atoms with Gasteiger partial charge in [-0.1, -0.05) is 35.5 Å². The maximum atomic E-state index is 12.5. The molecule has 3 aromatic rings. The molecule has 7 nitrogen and oxygen atoms in total. The zero-order chi connectivity index (χ0) is 17.9. The number of amides is 1. The van der Waals surface area contributed by atoms with Crippen molar-refractivity contribution in [2.24, 2.45) is 0 Å². The van der Waals surface area contributed by atoms with Crippen LogP contribution in [0.25, 0.3) is 0 Å². The molecular weight excluding hydrogens is 332 g/mol. The third-order valence-corrected chi connectivity index (χ3v) is 4.33. The van der Waals surface area contributed by atoms with E-state index in [0.29, 0.717) is 17.9 Å². The molecule has 1 unspecified atom stereocenters. The third-order valence-electron chi connectivity index (χ3n) is 4.33. The average molecular weight is 350 g/mol. The van der Waals surface area contributed by atoms with Crippen molar-refractivity contribution in [1.29, 1.82) is 0 Å².